The molecular weight excluding hydrogens is 291 g/mol. The van der Waals surface area contributed by atoms with Crippen LogP contribution in [0.5, 0.6) is 5.75 Å². The Bertz CT molecular complexity index is 494. The molecule has 0 radical (unpaired) electrons. The lowest BCUT2D eigenvalue weighted by Gasteiger charge is -2.11. The number of halogens is 2. The van der Waals surface area contributed by atoms with E-state index >= 15 is 0 Å². The average Bonchev–Trinajstić information content (AvgIpc) is 2.22. The van der Waals surface area contributed by atoms with Crippen molar-refractivity contribution in [1.82, 2.24) is 0 Å². The predicted octanol–water partition coefficient (Wildman–Crippen LogP) is 4.18. The molecule has 0 N–H and O–H groups in total. The molecule has 0 spiro atoms. The highest BCUT2D eigenvalue weighted by Crippen LogP contribution is 2.27. The summed E-state index contributed by atoms with van der Waals surface area (Å²) in [6.45, 7) is 0. The molecule has 2 rings (SSSR count). The standard InChI is InChI=1S/C12H8BrFOS/c13-11-6-8(14)4-5-12(11)15-9-2-1-3-10(16)7-9/h1-2,4-7H,3H2. The maximum absolute atomic E-state index is 12.9. The Morgan fingerprint density at radius 2 is 2.19 bits per heavy atom. The van der Waals surface area contributed by atoms with Gasteiger partial charge in [0, 0.05) is 11.3 Å². The second-order valence-electron chi connectivity index (χ2n) is 3.30. The number of thiocarbonyl (C=S) groups is 1. The fourth-order valence-electron chi connectivity index (χ4n) is 1.31. The summed E-state index contributed by atoms with van der Waals surface area (Å²) in [5.41, 5.74) is 0. The van der Waals surface area contributed by atoms with Crippen molar-refractivity contribution in [2.45, 2.75) is 6.42 Å². The monoisotopic (exact) mass is 298 g/mol. The zero-order valence-electron chi connectivity index (χ0n) is 8.24. The van der Waals surface area contributed by atoms with E-state index in [-0.39, 0.29) is 5.82 Å². The first-order valence-electron chi connectivity index (χ1n) is 4.69. The summed E-state index contributed by atoms with van der Waals surface area (Å²) < 4.78 is 19.0. The van der Waals surface area contributed by atoms with Crippen LogP contribution in [0.1, 0.15) is 6.42 Å². The fourth-order valence-corrected chi connectivity index (χ4v) is 1.95. The normalized spacial score (nSPS) is 14.9. The molecule has 1 aliphatic carbocycles. The third-order valence-electron chi connectivity index (χ3n) is 2.03. The Morgan fingerprint density at radius 3 is 2.88 bits per heavy atom. The highest BCUT2D eigenvalue weighted by atomic mass is 79.9. The van der Waals surface area contributed by atoms with Crippen LogP contribution in [0, 0.1) is 5.82 Å². The van der Waals surface area contributed by atoms with Gasteiger partial charge in [0.2, 0.25) is 0 Å². The molecule has 0 aliphatic heterocycles. The van der Waals surface area contributed by atoms with E-state index in [1.807, 2.05) is 12.2 Å². The molecule has 1 nitrogen and oxygen atoms in total. The van der Waals surface area contributed by atoms with Gasteiger partial charge < -0.3 is 4.74 Å². The molecule has 16 heavy (non-hydrogen) atoms. The number of allylic oxidation sites excluding steroid dienone is 3. The number of hydrogen-bond acceptors (Lipinski definition) is 2. The van der Waals surface area contributed by atoms with Gasteiger partial charge in [0.15, 0.2) is 0 Å². The van der Waals surface area contributed by atoms with Crippen molar-refractivity contribution >= 4 is 33.0 Å². The summed E-state index contributed by atoms with van der Waals surface area (Å²) >= 11 is 8.31. The average molecular weight is 299 g/mol. The Balaban J connectivity index is 2.21. The molecule has 1 aromatic rings. The first-order chi connectivity index (χ1) is 7.65. The highest BCUT2D eigenvalue weighted by Gasteiger charge is 2.07. The quantitative estimate of drug-likeness (QED) is 0.758. The van der Waals surface area contributed by atoms with E-state index in [9.17, 15) is 4.39 Å². The Kier molecular flexibility index (Phi) is 3.51. The van der Waals surface area contributed by atoms with Crippen LogP contribution in [-0.4, -0.2) is 4.86 Å². The van der Waals surface area contributed by atoms with Gasteiger partial charge in [-0.1, -0.05) is 18.3 Å². The van der Waals surface area contributed by atoms with E-state index in [1.54, 1.807) is 12.1 Å². The minimum absolute atomic E-state index is 0.303. The lowest BCUT2D eigenvalue weighted by atomic mass is 10.2. The Labute approximate surface area is 107 Å². The van der Waals surface area contributed by atoms with E-state index in [0.29, 0.717) is 16.0 Å². The molecule has 0 heterocycles. The number of hydrogen-bond donors (Lipinski definition) is 0. The second-order valence-corrected chi connectivity index (χ2v) is 4.68. The molecule has 0 bridgehead atoms. The molecule has 0 atom stereocenters. The van der Waals surface area contributed by atoms with E-state index in [0.717, 1.165) is 11.3 Å². The van der Waals surface area contributed by atoms with Gasteiger partial charge in [0.1, 0.15) is 17.3 Å². The third kappa shape index (κ3) is 2.77. The molecule has 0 aromatic heterocycles. The number of benzene rings is 1. The summed E-state index contributed by atoms with van der Waals surface area (Å²) in [5.74, 6) is 0.938. The fraction of sp³-hybridized carbons (Fsp3) is 0.0833. The number of ether oxygens (including phenoxy) is 1. The SMILES string of the molecule is Fc1ccc(OC2=CC(=S)CC=C2)c(Br)c1. The van der Waals surface area contributed by atoms with Gasteiger partial charge in [-0.05, 0) is 46.3 Å². The molecule has 1 aromatic carbocycles. The zero-order valence-corrected chi connectivity index (χ0v) is 10.6. The lowest BCUT2D eigenvalue weighted by Crippen LogP contribution is -2.01. The summed E-state index contributed by atoms with van der Waals surface area (Å²) in [5, 5.41) is 0. The van der Waals surface area contributed by atoms with Gasteiger partial charge >= 0.3 is 0 Å². The van der Waals surface area contributed by atoms with Crippen molar-refractivity contribution in [3.8, 4) is 5.75 Å². The minimum atomic E-state index is -0.303. The van der Waals surface area contributed by atoms with Crippen LogP contribution in [0.15, 0.2) is 46.7 Å². The molecule has 1 aliphatic rings. The van der Waals surface area contributed by atoms with Crippen LogP contribution in [0.3, 0.4) is 0 Å². The number of rotatable bonds is 2. The van der Waals surface area contributed by atoms with Crippen molar-refractivity contribution in [2.24, 2.45) is 0 Å². The molecule has 0 fully saturated rings. The van der Waals surface area contributed by atoms with Crippen LogP contribution >= 0.6 is 28.1 Å². The van der Waals surface area contributed by atoms with E-state index in [4.69, 9.17) is 17.0 Å². The Morgan fingerprint density at radius 1 is 1.38 bits per heavy atom. The van der Waals surface area contributed by atoms with Crippen LogP contribution in [0.4, 0.5) is 4.39 Å². The van der Waals surface area contributed by atoms with E-state index in [1.165, 1.54) is 12.1 Å². The van der Waals surface area contributed by atoms with Crippen molar-refractivity contribution in [1.29, 1.82) is 0 Å². The minimum Gasteiger partial charge on any atom is -0.456 e. The molecule has 0 saturated heterocycles. The Hall–Kier alpha value is -1.00. The second kappa shape index (κ2) is 4.89. The predicted molar refractivity (Wildman–Crippen MR) is 69.2 cm³/mol. The zero-order chi connectivity index (χ0) is 11.5. The van der Waals surface area contributed by atoms with Gasteiger partial charge in [-0.2, -0.15) is 0 Å². The van der Waals surface area contributed by atoms with Gasteiger partial charge in [0.25, 0.3) is 0 Å². The van der Waals surface area contributed by atoms with E-state index < -0.39 is 0 Å². The molecule has 0 unspecified atom stereocenters. The van der Waals surface area contributed by atoms with Crippen LogP contribution in [0.25, 0.3) is 0 Å². The van der Waals surface area contributed by atoms with Crippen LogP contribution in [0.2, 0.25) is 0 Å². The maximum Gasteiger partial charge on any atom is 0.141 e. The van der Waals surface area contributed by atoms with Crippen molar-refractivity contribution < 1.29 is 9.13 Å². The van der Waals surface area contributed by atoms with Crippen molar-refractivity contribution in [3.63, 3.8) is 0 Å². The van der Waals surface area contributed by atoms with Crippen LogP contribution in [-0.2, 0) is 0 Å². The smallest absolute Gasteiger partial charge is 0.141 e. The van der Waals surface area contributed by atoms with Gasteiger partial charge in [-0.25, -0.2) is 4.39 Å². The largest absolute Gasteiger partial charge is 0.456 e. The summed E-state index contributed by atoms with van der Waals surface area (Å²) in [6.07, 6.45) is 6.36. The molecule has 0 amide bonds. The lowest BCUT2D eigenvalue weighted by molar-refractivity contribution is 0.440. The molecule has 82 valence electrons. The summed E-state index contributed by atoms with van der Waals surface area (Å²) in [4.78, 5) is 0.829. The molecule has 0 saturated carbocycles. The maximum atomic E-state index is 12.9. The summed E-state index contributed by atoms with van der Waals surface area (Å²) in [7, 11) is 0. The summed E-state index contributed by atoms with van der Waals surface area (Å²) in [6, 6.07) is 4.29. The first kappa shape index (κ1) is 11.5. The van der Waals surface area contributed by atoms with Gasteiger partial charge in [0.05, 0.1) is 4.47 Å². The molecule has 4 heteroatoms. The highest BCUT2D eigenvalue weighted by molar-refractivity contribution is 9.10. The topological polar surface area (TPSA) is 9.23 Å². The van der Waals surface area contributed by atoms with Crippen molar-refractivity contribution in [3.05, 3.63) is 52.5 Å². The van der Waals surface area contributed by atoms with Crippen LogP contribution < -0.4 is 4.74 Å². The van der Waals surface area contributed by atoms with Crippen molar-refractivity contribution in [2.75, 3.05) is 0 Å². The first-order valence-corrected chi connectivity index (χ1v) is 5.89. The van der Waals surface area contributed by atoms with E-state index in [2.05, 4.69) is 15.9 Å². The molecular formula is C12H8BrFOS. The van der Waals surface area contributed by atoms with Gasteiger partial charge in [-0.15, -0.1) is 0 Å². The van der Waals surface area contributed by atoms with Gasteiger partial charge in [-0.3, -0.25) is 0 Å². The third-order valence-corrected chi connectivity index (χ3v) is 2.93.